The molecule has 6 aromatic rings. The van der Waals surface area contributed by atoms with E-state index in [0.29, 0.717) is 74.4 Å². The molecule has 0 amide bonds. The number of hydrogen-bond acceptors (Lipinski definition) is 8. The Morgan fingerprint density at radius 3 is 0.667 bits per heavy atom. The van der Waals surface area contributed by atoms with Gasteiger partial charge < -0.3 is 18.9 Å². The molecule has 0 fully saturated rings. The molecule has 0 saturated heterocycles. The van der Waals surface area contributed by atoms with Crippen LogP contribution in [0.1, 0.15) is 77.0 Å². The minimum Gasteiger partial charge on any atom is -0.427 e. The lowest BCUT2D eigenvalue weighted by Gasteiger charge is -2.08. The van der Waals surface area contributed by atoms with Crippen molar-refractivity contribution in [3.05, 3.63) is 158 Å². The fourth-order valence-corrected chi connectivity index (χ4v) is 6.64. The van der Waals surface area contributed by atoms with Gasteiger partial charge in [0.15, 0.2) is 0 Å². The highest BCUT2D eigenvalue weighted by molar-refractivity contribution is 5.75. The maximum Gasteiger partial charge on any atom is 0.311 e. The molecule has 0 aliphatic carbocycles. The molecule has 306 valence electrons. The van der Waals surface area contributed by atoms with Crippen molar-refractivity contribution in [2.24, 2.45) is 0 Å². The Balaban J connectivity index is 0.787. The minimum absolute atomic E-state index is 0.264. The van der Waals surface area contributed by atoms with Crippen LogP contribution in [-0.2, 0) is 19.2 Å². The number of carbonyl (C=O) groups is 4. The summed E-state index contributed by atoms with van der Waals surface area (Å²) in [6.45, 7) is 0. The van der Waals surface area contributed by atoms with Gasteiger partial charge in [-0.3, -0.25) is 19.2 Å². The Morgan fingerprint density at radius 1 is 0.250 bits per heavy atom. The van der Waals surface area contributed by atoms with Gasteiger partial charge in [-0.15, -0.1) is 0 Å². The fraction of sp³-hybridized carbons (Fsp3) is 0.231. The van der Waals surface area contributed by atoms with Gasteiger partial charge in [-0.25, -0.2) is 0 Å². The lowest BCUT2D eigenvalue weighted by molar-refractivity contribution is -0.135. The predicted molar refractivity (Wildman–Crippen MR) is 234 cm³/mol. The number of benzene rings is 6. The number of rotatable bonds is 21. The van der Waals surface area contributed by atoms with Crippen LogP contribution in [-0.4, -0.2) is 23.9 Å². The lowest BCUT2D eigenvalue weighted by atomic mass is 10.1. The van der Waals surface area contributed by atoms with Gasteiger partial charge in [0.25, 0.3) is 0 Å². The molecule has 0 atom stereocenters. The van der Waals surface area contributed by atoms with Gasteiger partial charge in [-0.2, -0.15) is 0 Å². The quantitative estimate of drug-likeness (QED) is 0.0402. The highest BCUT2D eigenvalue weighted by Gasteiger charge is 2.11. The Morgan fingerprint density at radius 2 is 0.450 bits per heavy atom. The molecule has 0 N–H and O–H groups in total. The van der Waals surface area contributed by atoms with Crippen LogP contribution in [0, 0.1) is 0 Å². The van der Waals surface area contributed by atoms with Crippen LogP contribution in [0.15, 0.2) is 158 Å². The molecule has 0 unspecified atom stereocenters. The van der Waals surface area contributed by atoms with E-state index in [-0.39, 0.29) is 23.9 Å². The van der Waals surface area contributed by atoms with E-state index in [1.165, 1.54) is 0 Å². The van der Waals surface area contributed by atoms with Crippen LogP contribution < -0.4 is 18.9 Å². The fourth-order valence-electron chi connectivity index (χ4n) is 6.64. The predicted octanol–water partition coefficient (Wildman–Crippen LogP) is 12.4. The summed E-state index contributed by atoms with van der Waals surface area (Å²) in [6.07, 6.45) is 7.22. The minimum atomic E-state index is -0.297. The topological polar surface area (TPSA) is 105 Å². The molecule has 0 radical (unpaired) electrons. The molecule has 0 bridgehead atoms. The second-order valence-electron chi connectivity index (χ2n) is 14.6. The first kappa shape index (κ1) is 42.8. The number of esters is 4. The number of ether oxygens (including phenoxy) is 4. The molecule has 0 spiro atoms. The molecule has 0 heterocycles. The van der Waals surface area contributed by atoms with E-state index in [9.17, 15) is 19.2 Å². The van der Waals surface area contributed by atoms with Crippen molar-refractivity contribution < 1.29 is 38.1 Å². The zero-order valence-electron chi connectivity index (χ0n) is 33.8. The summed E-state index contributed by atoms with van der Waals surface area (Å²) in [5.74, 6) is 0.881. The van der Waals surface area contributed by atoms with Crippen molar-refractivity contribution in [1.82, 2.24) is 0 Å². The van der Waals surface area contributed by atoms with Crippen molar-refractivity contribution >= 4 is 23.9 Å². The summed E-state index contributed by atoms with van der Waals surface area (Å²) in [5, 5.41) is 0. The number of carbonyl (C=O) groups excluding carboxylic acids is 4. The van der Waals surface area contributed by atoms with Gasteiger partial charge in [-0.05, 0) is 108 Å². The van der Waals surface area contributed by atoms with E-state index in [0.717, 1.165) is 59.1 Å². The summed E-state index contributed by atoms with van der Waals surface area (Å²) >= 11 is 0. The first-order valence-corrected chi connectivity index (χ1v) is 20.7. The second kappa shape index (κ2) is 23.0. The Kier molecular flexibility index (Phi) is 16.4. The van der Waals surface area contributed by atoms with Crippen LogP contribution in [0.5, 0.6) is 23.0 Å². The van der Waals surface area contributed by atoms with E-state index in [1.807, 2.05) is 133 Å². The van der Waals surface area contributed by atoms with E-state index >= 15 is 0 Å². The van der Waals surface area contributed by atoms with E-state index in [2.05, 4.69) is 0 Å². The Bertz CT molecular complexity index is 2080. The van der Waals surface area contributed by atoms with Crippen LogP contribution in [0.2, 0.25) is 0 Å². The van der Waals surface area contributed by atoms with Crippen molar-refractivity contribution in [2.45, 2.75) is 77.0 Å². The van der Waals surface area contributed by atoms with Crippen LogP contribution >= 0.6 is 0 Å². The molecule has 6 rings (SSSR count). The summed E-state index contributed by atoms with van der Waals surface area (Å²) < 4.78 is 22.0. The van der Waals surface area contributed by atoms with Gasteiger partial charge in [-0.1, -0.05) is 135 Å². The molecule has 0 aliphatic heterocycles. The lowest BCUT2D eigenvalue weighted by Crippen LogP contribution is -2.08. The standard InChI is InChI=1S/C52H50O8/c53-49(57-45-31-23-41(24-32-45)39-15-7-5-8-16-39)19-11-1-3-13-21-51(55)59-47-35-27-43(28-36-47)44-29-37-48(38-30-44)60-52(56)22-14-4-2-12-20-50(54)58-46-33-25-42(26-34-46)40-17-9-6-10-18-40/h5-10,15-18,23-38H,1-4,11-14,19-22H2. The molecule has 0 saturated carbocycles. The Labute approximate surface area is 352 Å². The number of unbranched alkanes of at least 4 members (excludes halogenated alkanes) is 6. The highest BCUT2D eigenvalue weighted by Crippen LogP contribution is 2.27. The van der Waals surface area contributed by atoms with Gasteiger partial charge in [0.2, 0.25) is 0 Å². The molecule has 0 aliphatic rings. The van der Waals surface area contributed by atoms with E-state index < -0.39 is 0 Å². The Hall–Kier alpha value is -6.80. The maximum absolute atomic E-state index is 12.4. The second-order valence-corrected chi connectivity index (χ2v) is 14.6. The van der Waals surface area contributed by atoms with Crippen LogP contribution in [0.4, 0.5) is 0 Å². The maximum atomic E-state index is 12.4. The monoisotopic (exact) mass is 802 g/mol. The normalized spacial score (nSPS) is 10.7. The van der Waals surface area contributed by atoms with Crippen LogP contribution in [0.3, 0.4) is 0 Å². The average molecular weight is 803 g/mol. The average Bonchev–Trinajstić information content (AvgIpc) is 3.28. The highest BCUT2D eigenvalue weighted by atomic mass is 16.5. The molecule has 60 heavy (non-hydrogen) atoms. The van der Waals surface area contributed by atoms with Gasteiger partial charge >= 0.3 is 23.9 Å². The first-order valence-electron chi connectivity index (χ1n) is 20.7. The largest absolute Gasteiger partial charge is 0.427 e. The van der Waals surface area contributed by atoms with Gasteiger partial charge in [0.1, 0.15) is 23.0 Å². The third-order valence-electron chi connectivity index (χ3n) is 9.92. The third-order valence-corrected chi connectivity index (χ3v) is 9.92. The van der Waals surface area contributed by atoms with Gasteiger partial charge in [0, 0.05) is 25.7 Å². The SMILES string of the molecule is O=C(CCCCCCC(=O)Oc1ccc(-c2ccc(OC(=O)CCCCCCC(=O)Oc3ccc(-c4ccccc4)cc3)cc2)cc1)Oc1ccc(-c2ccccc2)cc1. The van der Waals surface area contributed by atoms with Crippen molar-refractivity contribution in [2.75, 3.05) is 0 Å². The summed E-state index contributed by atoms with van der Waals surface area (Å²) in [4.78, 5) is 49.4. The summed E-state index contributed by atoms with van der Waals surface area (Å²) in [5.41, 5.74) is 6.20. The van der Waals surface area contributed by atoms with Crippen molar-refractivity contribution in [3.63, 3.8) is 0 Å². The molecular formula is C52H50O8. The van der Waals surface area contributed by atoms with Crippen molar-refractivity contribution in [1.29, 1.82) is 0 Å². The van der Waals surface area contributed by atoms with E-state index in [4.69, 9.17) is 18.9 Å². The molecular weight excluding hydrogens is 753 g/mol. The summed E-state index contributed by atoms with van der Waals surface area (Å²) in [6, 6.07) is 49.6. The number of hydrogen-bond donors (Lipinski definition) is 0. The zero-order valence-corrected chi connectivity index (χ0v) is 33.8. The van der Waals surface area contributed by atoms with Crippen LogP contribution in [0.25, 0.3) is 33.4 Å². The molecule has 8 nitrogen and oxygen atoms in total. The smallest absolute Gasteiger partial charge is 0.311 e. The molecule has 0 aromatic heterocycles. The summed E-state index contributed by atoms with van der Waals surface area (Å²) in [7, 11) is 0. The van der Waals surface area contributed by atoms with E-state index in [1.54, 1.807) is 24.3 Å². The van der Waals surface area contributed by atoms with Crippen molar-refractivity contribution in [3.8, 4) is 56.4 Å². The zero-order chi connectivity index (χ0) is 41.8. The molecule has 6 aromatic carbocycles. The van der Waals surface area contributed by atoms with Gasteiger partial charge in [0.05, 0.1) is 0 Å². The molecule has 8 heteroatoms. The third kappa shape index (κ3) is 14.2. The first-order chi connectivity index (χ1) is 29.4.